The van der Waals surface area contributed by atoms with Crippen LogP contribution in [-0.4, -0.2) is 24.3 Å². The van der Waals surface area contributed by atoms with Gasteiger partial charge in [0, 0.05) is 18.5 Å². The van der Waals surface area contributed by atoms with Gasteiger partial charge in [0.05, 0.1) is 16.3 Å². The molecule has 4 rings (SSSR count). The van der Waals surface area contributed by atoms with Crippen LogP contribution in [0.15, 0.2) is 41.6 Å². The number of benzene rings is 2. The number of carbonyl (C=O) groups is 1. The predicted octanol–water partition coefficient (Wildman–Crippen LogP) is 3.94. The molecular weight excluding hydrogens is 359 g/mol. The molecule has 0 radical (unpaired) electrons. The van der Waals surface area contributed by atoms with Crippen molar-refractivity contribution in [2.24, 2.45) is 5.16 Å². The maximum Gasteiger partial charge on any atom is 0.224 e. The maximum atomic E-state index is 14.0. The summed E-state index contributed by atoms with van der Waals surface area (Å²) in [6.45, 7) is 0.282. The van der Waals surface area contributed by atoms with Gasteiger partial charge in [-0.15, -0.1) is 0 Å². The van der Waals surface area contributed by atoms with Crippen molar-refractivity contribution in [1.29, 1.82) is 0 Å². The molecule has 1 amide bonds. The summed E-state index contributed by atoms with van der Waals surface area (Å²) < 4.78 is 19.8. The molecule has 2 aromatic carbocycles. The summed E-state index contributed by atoms with van der Waals surface area (Å²) in [5.74, 6) is 0.307. The third-order valence-electron chi connectivity index (χ3n) is 4.39. The largest absolute Gasteiger partial charge is 0.490 e. The number of aryl methyl sites for hydroxylation is 1. The van der Waals surface area contributed by atoms with Crippen molar-refractivity contribution >= 4 is 28.9 Å². The molecule has 0 aromatic heterocycles. The average molecular weight is 375 g/mol. The first-order valence-electron chi connectivity index (χ1n) is 8.33. The van der Waals surface area contributed by atoms with E-state index in [0.717, 1.165) is 11.3 Å². The minimum absolute atomic E-state index is 0.0296. The standard InChI is InChI=1S/C19H16ClFN2O3/c20-14-2-1-3-15(21)19(14)17-9-13(26-23-17)10-25-12-5-6-16-11(8-12)4-7-18(24)22-16/h1-3,5-6,8,13H,4,7,9-10H2,(H,22,24). The number of carbonyl (C=O) groups excluding carboxylic acids is 1. The minimum atomic E-state index is -0.418. The number of hydrogen-bond donors (Lipinski definition) is 1. The van der Waals surface area contributed by atoms with Gasteiger partial charge in [0.2, 0.25) is 5.91 Å². The molecule has 2 aliphatic heterocycles. The highest BCUT2D eigenvalue weighted by molar-refractivity contribution is 6.34. The molecule has 0 fully saturated rings. The topological polar surface area (TPSA) is 59.9 Å². The number of oxime groups is 1. The molecule has 0 saturated heterocycles. The van der Waals surface area contributed by atoms with Gasteiger partial charge in [0.15, 0.2) is 6.10 Å². The summed E-state index contributed by atoms with van der Waals surface area (Å²) >= 11 is 6.07. The Hall–Kier alpha value is -2.60. The Morgan fingerprint density at radius 1 is 1.31 bits per heavy atom. The van der Waals surface area contributed by atoms with E-state index in [0.29, 0.717) is 35.7 Å². The highest BCUT2D eigenvalue weighted by Gasteiger charge is 2.26. The van der Waals surface area contributed by atoms with E-state index in [1.807, 2.05) is 12.1 Å². The van der Waals surface area contributed by atoms with Gasteiger partial charge >= 0.3 is 0 Å². The van der Waals surface area contributed by atoms with Crippen molar-refractivity contribution < 1.29 is 18.8 Å². The van der Waals surface area contributed by atoms with Gasteiger partial charge < -0.3 is 14.9 Å². The van der Waals surface area contributed by atoms with Crippen molar-refractivity contribution in [3.05, 3.63) is 58.4 Å². The van der Waals surface area contributed by atoms with Gasteiger partial charge in [-0.05, 0) is 42.3 Å². The lowest BCUT2D eigenvalue weighted by Crippen LogP contribution is -2.20. The Balaban J connectivity index is 1.38. The van der Waals surface area contributed by atoms with E-state index in [1.54, 1.807) is 18.2 Å². The molecule has 26 heavy (non-hydrogen) atoms. The number of nitrogens with zero attached hydrogens (tertiary/aromatic N) is 1. The third-order valence-corrected chi connectivity index (χ3v) is 4.71. The maximum absolute atomic E-state index is 14.0. The number of anilines is 1. The molecule has 0 aliphatic carbocycles. The highest BCUT2D eigenvalue weighted by Crippen LogP contribution is 2.28. The summed E-state index contributed by atoms with van der Waals surface area (Å²) in [5, 5.41) is 7.11. The first-order chi connectivity index (χ1) is 12.6. The van der Waals surface area contributed by atoms with Crippen molar-refractivity contribution in [1.82, 2.24) is 0 Å². The fourth-order valence-corrected chi connectivity index (χ4v) is 3.35. The average Bonchev–Trinajstić information content (AvgIpc) is 3.08. The van der Waals surface area contributed by atoms with Crippen molar-refractivity contribution in [3.63, 3.8) is 0 Å². The predicted molar refractivity (Wildman–Crippen MR) is 96.3 cm³/mol. The van der Waals surface area contributed by atoms with Crippen LogP contribution in [-0.2, 0) is 16.1 Å². The lowest BCUT2D eigenvalue weighted by molar-refractivity contribution is -0.116. The molecule has 0 bridgehead atoms. The zero-order valence-corrected chi connectivity index (χ0v) is 14.6. The zero-order valence-electron chi connectivity index (χ0n) is 13.8. The number of amides is 1. The molecular formula is C19H16ClFN2O3. The van der Waals surface area contributed by atoms with E-state index in [1.165, 1.54) is 6.07 Å². The van der Waals surface area contributed by atoms with Crippen LogP contribution >= 0.6 is 11.6 Å². The summed E-state index contributed by atoms with van der Waals surface area (Å²) in [6, 6.07) is 10.1. The molecule has 2 aromatic rings. The molecule has 2 heterocycles. The first-order valence-corrected chi connectivity index (χ1v) is 8.70. The summed E-state index contributed by atoms with van der Waals surface area (Å²) in [5.41, 5.74) is 2.63. The second kappa shape index (κ2) is 6.96. The number of rotatable bonds is 4. The monoisotopic (exact) mass is 374 g/mol. The van der Waals surface area contributed by atoms with E-state index in [9.17, 15) is 9.18 Å². The quantitative estimate of drug-likeness (QED) is 0.881. The fourth-order valence-electron chi connectivity index (χ4n) is 3.08. The molecule has 5 nitrogen and oxygen atoms in total. The molecule has 1 N–H and O–H groups in total. The number of fused-ring (bicyclic) bond motifs is 1. The number of halogens is 2. The van der Waals surface area contributed by atoms with E-state index < -0.39 is 5.82 Å². The van der Waals surface area contributed by atoms with Gasteiger partial charge in [-0.2, -0.15) is 0 Å². The Labute approximate surface area is 154 Å². The Bertz CT molecular complexity index is 880. The number of hydrogen-bond acceptors (Lipinski definition) is 4. The molecule has 1 atom stereocenters. The Kier molecular flexibility index (Phi) is 4.51. The van der Waals surface area contributed by atoms with Crippen LogP contribution in [0.5, 0.6) is 5.75 Å². The second-order valence-corrected chi connectivity index (χ2v) is 6.65. The van der Waals surface area contributed by atoms with Gasteiger partial charge in [-0.1, -0.05) is 22.8 Å². The van der Waals surface area contributed by atoms with Crippen LogP contribution in [0.4, 0.5) is 10.1 Å². The van der Waals surface area contributed by atoms with Crippen LogP contribution in [0, 0.1) is 5.82 Å². The highest BCUT2D eigenvalue weighted by atomic mass is 35.5. The SMILES string of the molecule is O=C1CCc2cc(OCC3CC(c4c(F)cccc4Cl)=NO3)ccc2N1. The molecule has 0 spiro atoms. The fraction of sp³-hybridized carbons (Fsp3) is 0.263. The van der Waals surface area contributed by atoms with Gasteiger partial charge in [-0.3, -0.25) is 4.79 Å². The summed E-state index contributed by atoms with van der Waals surface area (Å²) in [6.07, 6.45) is 1.28. The van der Waals surface area contributed by atoms with E-state index in [4.69, 9.17) is 21.2 Å². The third kappa shape index (κ3) is 3.37. The normalized spacial score (nSPS) is 18.6. The van der Waals surface area contributed by atoms with Crippen molar-refractivity contribution in [2.45, 2.75) is 25.4 Å². The van der Waals surface area contributed by atoms with E-state index >= 15 is 0 Å². The van der Waals surface area contributed by atoms with Crippen molar-refractivity contribution in [2.75, 3.05) is 11.9 Å². The molecule has 134 valence electrons. The van der Waals surface area contributed by atoms with E-state index in [-0.39, 0.29) is 24.2 Å². The lowest BCUT2D eigenvalue weighted by atomic mass is 10.0. The molecule has 2 aliphatic rings. The van der Waals surface area contributed by atoms with Gasteiger partial charge in [-0.25, -0.2) is 4.39 Å². The first kappa shape index (κ1) is 16.8. The van der Waals surface area contributed by atoms with Crippen LogP contribution in [0.25, 0.3) is 0 Å². The van der Waals surface area contributed by atoms with E-state index in [2.05, 4.69) is 10.5 Å². The minimum Gasteiger partial charge on any atom is -0.490 e. The summed E-state index contributed by atoms with van der Waals surface area (Å²) in [7, 11) is 0. The molecule has 1 unspecified atom stereocenters. The number of nitrogens with one attached hydrogen (secondary N) is 1. The van der Waals surface area contributed by atoms with Crippen LogP contribution < -0.4 is 10.1 Å². The van der Waals surface area contributed by atoms with Crippen LogP contribution in [0.2, 0.25) is 5.02 Å². The molecule has 0 saturated carbocycles. The van der Waals surface area contributed by atoms with Crippen LogP contribution in [0.3, 0.4) is 0 Å². The van der Waals surface area contributed by atoms with Gasteiger partial charge in [0.1, 0.15) is 18.2 Å². The Morgan fingerprint density at radius 3 is 3.04 bits per heavy atom. The Morgan fingerprint density at radius 2 is 2.19 bits per heavy atom. The zero-order chi connectivity index (χ0) is 18.1. The second-order valence-electron chi connectivity index (χ2n) is 6.24. The smallest absolute Gasteiger partial charge is 0.224 e. The lowest BCUT2D eigenvalue weighted by Gasteiger charge is -2.18. The van der Waals surface area contributed by atoms with Crippen LogP contribution in [0.1, 0.15) is 24.0 Å². The summed E-state index contributed by atoms with van der Waals surface area (Å²) in [4.78, 5) is 16.8. The van der Waals surface area contributed by atoms with Crippen molar-refractivity contribution in [3.8, 4) is 5.75 Å². The number of ether oxygens (including phenoxy) is 1. The molecule has 7 heteroatoms. The van der Waals surface area contributed by atoms with Gasteiger partial charge in [0.25, 0.3) is 0 Å².